The van der Waals surface area contributed by atoms with Gasteiger partial charge in [-0.3, -0.25) is 4.79 Å². The molecule has 5 heteroatoms. The third kappa shape index (κ3) is 2.63. The minimum absolute atomic E-state index is 0.00683. The summed E-state index contributed by atoms with van der Waals surface area (Å²) >= 11 is 4.99. The minimum atomic E-state index is -0.792. The van der Waals surface area contributed by atoms with E-state index in [0.29, 0.717) is 19.5 Å². The summed E-state index contributed by atoms with van der Waals surface area (Å²) in [5, 5.41) is 10.6. The Morgan fingerprint density at radius 2 is 2.11 bits per heavy atom. The predicted molar refractivity (Wildman–Crippen MR) is 78.7 cm³/mol. The Balaban J connectivity index is 2.09. The van der Waals surface area contributed by atoms with Crippen molar-refractivity contribution in [1.29, 1.82) is 0 Å². The van der Waals surface area contributed by atoms with Crippen LogP contribution in [0, 0.1) is 11.3 Å². The van der Waals surface area contributed by atoms with E-state index in [4.69, 9.17) is 18.0 Å². The molecule has 1 heterocycles. The summed E-state index contributed by atoms with van der Waals surface area (Å²) in [6.45, 7) is 4.80. The lowest BCUT2D eigenvalue weighted by atomic mass is 9.71. The molecule has 0 aromatic carbocycles. The van der Waals surface area contributed by atoms with Gasteiger partial charge in [0.15, 0.2) is 0 Å². The summed E-state index contributed by atoms with van der Waals surface area (Å²) in [5.41, 5.74) is 4.32. The van der Waals surface area contributed by atoms with Crippen molar-refractivity contribution in [2.45, 2.75) is 51.6 Å². The highest BCUT2D eigenvalue weighted by Gasteiger charge is 2.46. The van der Waals surface area contributed by atoms with Crippen LogP contribution in [0.4, 0.5) is 0 Å². The van der Waals surface area contributed by atoms with Gasteiger partial charge in [-0.05, 0) is 33.1 Å². The summed E-state index contributed by atoms with van der Waals surface area (Å²) in [5.74, 6) is 0.203. The van der Waals surface area contributed by atoms with Crippen LogP contribution in [0.1, 0.15) is 46.0 Å². The number of hydrogen-bond donors (Lipinski definition) is 2. The largest absolute Gasteiger partial charge is 0.392 e. The first-order valence-electron chi connectivity index (χ1n) is 7.09. The van der Waals surface area contributed by atoms with E-state index in [9.17, 15) is 9.90 Å². The van der Waals surface area contributed by atoms with E-state index in [-0.39, 0.29) is 16.8 Å². The molecule has 2 rings (SSSR count). The monoisotopic (exact) mass is 284 g/mol. The van der Waals surface area contributed by atoms with E-state index >= 15 is 0 Å². The lowest BCUT2D eigenvalue weighted by Crippen LogP contribution is -2.57. The van der Waals surface area contributed by atoms with Crippen LogP contribution in [0.3, 0.4) is 0 Å². The first kappa shape index (κ1) is 14.7. The van der Waals surface area contributed by atoms with Gasteiger partial charge < -0.3 is 15.7 Å². The molecule has 19 heavy (non-hydrogen) atoms. The van der Waals surface area contributed by atoms with Crippen LogP contribution in [0.15, 0.2) is 0 Å². The Kier molecular flexibility index (Phi) is 3.89. The second-order valence-corrected chi connectivity index (χ2v) is 6.98. The number of fused-ring (bicyclic) bond motifs is 1. The highest BCUT2D eigenvalue weighted by atomic mass is 32.1. The van der Waals surface area contributed by atoms with Gasteiger partial charge in [0.1, 0.15) is 0 Å². The highest BCUT2D eigenvalue weighted by Crippen LogP contribution is 2.40. The maximum atomic E-state index is 12.5. The first-order valence-corrected chi connectivity index (χ1v) is 7.50. The predicted octanol–water partition coefficient (Wildman–Crippen LogP) is 1.45. The van der Waals surface area contributed by atoms with Crippen LogP contribution in [-0.2, 0) is 4.79 Å². The van der Waals surface area contributed by atoms with Crippen LogP contribution >= 0.6 is 12.2 Å². The molecule has 2 fully saturated rings. The normalized spacial score (nSPS) is 31.7. The van der Waals surface area contributed by atoms with Crippen LogP contribution < -0.4 is 5.73 Å². The van der Waals surface area contributed by atoms with Gasteiger partial charge in [0, 0.05) is 19.0 Å². The Hall–Kier alpha value is -0.680. The molecule has 3 N–H and O–H groups in total. The van der Waals surface area contributed by atoms with Gasteiger partial charge in [-0.1, -0.05) is 25.1 Å². The van der Waals surface area contributed by atoms with Gasteiger partial charge >= 0.3 is 0 Å². The Morgan fingerprint density at radius 1 is 1.42 bits per heavy atom. The number of thiocarbonyl (C=S) groups is 1. The number of piperidine rings is 1. The molecule has 1 saturated heterocycles. The van der Waals surface area contributed by atoms with Crippen molar-refractivity contribution < 1.29 is 9.90 Å². The first-order chi connectivity index (χ1) is 8.77. The number of rotatable bonds is 2. The minimum Gasteiger partial charge on any atom is -0.392 e. The van der Waals surface area contributed by atoms with E-state index < -0.39 is 11.0 Å². The summed E-state index contributed by atoms with van der Waals surface area (Å²) in [6, 6.07) is 0. The quantitative estimate of drug-likeness (QED) is 0.753. The SMILES string of the molecule is CC(C)(C(=O)N1CCC2(O)CCCCC2C1)C(N)=S. The molecule has 0 aromatic heterocycles. The lowest BCUT2D eigenvalue weighted by molar-refractivity contribution is -0.148. The highest BCUT2D eigenvalue weighted by molar-refractivity contribution is 7.80. The molecule has 108 valence electrons. The standard InChI is InChI=1S/C14H24N2O2S/c1-13(2,11(15)19)12(17)16-8-7-14(18)6-4-3-5-10(14)9-16/h10,18H,3-9H2,1-2H3,(H2,15,19). The lowest BCUT2D eigenvalue weighted by Gasteiger charge is -2.48. The van der Waals surface area contributed by atoms with Gasteiger partial charge in [-0.2, -0.15) is 0 Å². The van der Waals surface area contributed by atoms with Gasteiger partial charge in [-0.15, -0.1) is 0 Å². The maximum absolute atomic E-state index is 12.5. The fraction of sp³-hybridized carbons (Fsp3) is 0.857. The molecule has 2 unspecified atom stereocenters. The number of aliphatic hydroxyl groups is 1. The second kappa shape index (κ2) is 5.02. The number of carbonyl (C=O) groups is 1. The van der Waals surface area contributed by atoms with Crippen molar-refractivity contribution in [1.82, 2.24) is 4.90 Å². The van der Waals surface area contributed by atoms with E-state index in [1.807, 2.05) is 4.90 Å². The zero-order valence-corrected chi connectivity index (χ0v) is 12.6. The van der Waals surface area contributed by atoms with Crippen molar-refractivity contribution in [3.8, 4) is 0 Å². The smallest absolute Gasteiger partial charge is 0.235 e. The number of carbonyl (C=O) groups excluding carboxylic acids is 1. The van der Waals surface area contributed by atoms with Crippen molar-refractivity contribution in [2.75, 3.05) is 13.1 Å². The van der Waals surface area contributed by atoms with Crippen LogP contribution in [0.5, 0.6) is 0 Å². The average Bonchev–Trinajstić information content (AvgIpc) is 2.36. The fourth-order valence-corrected chi connectivity index (χ4v) is 3.34. The topological polar surface area (TPSA) is 66.6 Å². The molecule has 0 radical (unpaired) electrons. The summed E-state index contributed by atoms with van der Waals surface area (Å²) in [4.78, 5) is 14.6. The Labute approximate surface area is 120 Å². The summed E-state index contributed by atoms with van der Waals surface area (Å²) < 4.78 is 0. The number of hydrogen-bond acceptors (Lipinski definition) is 3. The third-order valence-electron chi connectivity index (χ3n) is 4.87. The van der Waals surface area contributed by atoms with Crippen LogP contribution in [0.2, 0.25) is 0 Å². The van der Waals surface area contributed by atoms with E-state index in [1.54, 1.807) is 13.8 Å². The zero-order chi connectivity index (χ0) is 14.3. The molecule has 2 atom stereocenters. The second-order valence-electron chi connectivity index (χ2n) is 6.54. The van der Waals surface area contributed by atoms with Crippen molar-refractivity contribution in [3.05, 3.63) is 0 Å². The Morgan fingerprint density at radius 3 is 2.74 bits per heavy atom. The van der Waals surface area contributed by atoms with Crippen molar-refractivity contribution in [3.63, 3.8) is 0 Å². The molecule has 1 aliphatic heterocycles. The van der Waals surface area contributed by atoms with Gasteiger partial charge in [-0.25, -0.2) is 0 Å². The van der Waals surface area contributed by atoms with Gasteiger partial charge in [0.2, 0.25) is 5.91 Å². The molecular weight excluding hydrogens is 260 g/mol. The molecule has 2 aliphatic rings. The number of nitrogens with two attached hydrogens (primary N) is 1. The van der Waals surface area contributed by atoms with Crippen LogP contribution in [-0.4, -0.2) is 39.6 Å². The molecule has 1 amide bonds. The van der Waals surface area contributed by atoms with Crippen molar-refractivity contribution >= 4 is 23.1 Å². The van der Waals surface area contributed by atoms with E-state index in [0.717, 1.165) is 25.7 Å². The maximum Gasteiger partial charge on any atom is 0.235 e. The summed E-state index contributed by atoms with van der Waals surface area (Å²) in [6.07, 6.45) is 4.80. The molecule has 1 saturated carbocycles. The van der Waals surface area contributed by atoms with E-state index in [2.05, 4.69) is 0 Å². The van der Waals surface area contributed by atoms with Crippen molar-refractivity contribution in [2.24, 2.45) is 17.1 Å². The number of nitrogens with zero attached hydrogens (tertiary/aromatic N) is 1. The fourth-order valence-electron chi connectivity index (χ4n) is 3.26. The van der Waals surface area contributed by atoms with Crippen LogP contribution in [0.25, 0.3) is 0 Å². The summed E-state index contributed by atoms with van der Waals surface area (Å²) in [7, 11) is 0. The number of likely N-dealkylation sites (tertiary alicyclic amines) is 1. The molecular formula is C14H24N2O2S. The molecule has 0 aromatic rings. The number of amides is 1. The zero-order valence-electron chi connectivity index (χ0n) is 11.8. The Bertz CT molecular complexity index is 397. The van der Waals surface area contributed by atoms with E-state index in [1.165, 1.54) is 0 Å². The van der Waals surface area contributed by atoms with Gasteiger partial charge in [0.05, 0.1) is 16.0 Å². The molecule has 0 spiro atoms. The molecule has 0 bridgehead atoms. The molecule has 1 aliphatic carbocycles. The third-order valence-corrected chi connectivity index (χ3v) is 5.38. The van der Waals surface area contributed by atoms with Gasteiger partial charge in [0.25, 0.3) is 0 Å². The molecule has 4 nitrogen and oxygen atoms in total. The average molecular weight is 284 g/mol.